The van der Waals surface area contributed by atoms with E-state index in [4.69, 9.17) is 4.74 Å². The Kier molecular flexibility index (Phi) is 6.13. The largest absolute Gasteiger partial charge is 0.363 e. The third-order valence-corrected chi connectivity index (χ3v) is 1.98. The first-order valence-electron chi connectivity index (χ1n) is 6.22. The lowest BCUT2D eigenvalue weighted by Crippen LogP contribution is -2.44. The van der Waals surface area contributed by atoms with Crippen molar-refractivity contribution in [3.8, 4) is 0 Å². The molecule has 0 rings (SSSR count). The van der Waals surface area contributed by atoms with Crippen LogP contribution in [-0.2, 0) is 9.53 Å². The van der Waals surface area contributed by atoms with Gasteiger partial charge in [0.25, 0.3) is 0 Å². The first kappa shape index (κ1) is 16.4. The smallest absolute Gasteiger partial charge is 0.248 e. The SMILES string of the molecule is CC(OC(C)(C)C)C(=O)NCCNC(C)(C)C. The van der Waals surface area contributed by atoms with Crippen LogP contribution in [0.2, 0.25) is 0 Å². The lowest BCUT2D eigenvalue weighted by molar-refractivity contribution is -0.140. The van der Waals surface area contributed by atoms with Gasteiger partial charge in [0.15, 0.2) is 0 Å². The number of nitrogens with one attached hydrogen (secondary N) is 2. The first-order chi connectivity index (χ1) is 7.51. The van der Waals surface area contributed by atoms with Crippen LogP contribution in [0.1, 0.15) is 48.5 Å². The zero-order valence-electron chi connectivity index (χ0n) is 12.3. The predicted molar refractivity (Wildman–Crippen MR) is 71.1 cm³/mol. The fourth-order valence-corrected chi connectivity index (χ4v) is 1.35. The molecule has 1 atom stereocenters. The van der Waals surface area contributed by atoms with Gasteiger partial charge in [-0.3, -0.25) is 4.79 Å². The van der Waals surface area contributed by atoms with Gasteiger partial charge in [-0.25, -0.2) is 0 Å². The third kappa shape index (κ3) is 10.3. The standard InChI is InChI=1S/C13H28N2O2/c1-10(17-13(5,6)7)11(16)14-8-9-15-12(2,3)4/h10,15H,8-9H2,1-7H3,(H,14,16). The van der Waals surface area contributed by atoms with Crippen LogP contribution in [0.4, 0.5) is 0 Å². The summed E-state index contributed by atoms with van der Waals surface area (Å²) in [4.78, 5) is 11.7. The lowest BCUT2D eigenvalue weighted by Gasteiger charge is -2.25. The molecule has 4 heteroatoms. The highest BCUT2D eigenvalue weighted by molar-refractivity contribution is 5.80. The minimum absolute atomic E-state index is 0.0596. The third-order valence-electron chi connectivity index (χ3n) is 1.98. The Morgan fingerprint density at radius 3 is 2.06 bits per heavy atom. The molecule has 0 radical (unpaired) electrons. The van der Waals surface area contributed by atoms with Crippen molar-refractivity contribution >= 4 is 5.91 Å². The van der Waals surface area contributed by atoms with E-state index in [1.54, 1.807) is 6.92 Å². The maximum atomic E-state index is 11.7. The average molecular weight is 244 g/mol. The zero-order chi connectivity index (χ0) is 13.7. The van der Waals surface area contributed by atoms with Crippen molar-refractivity contribution in [3.05, 3.63) is 0 Å². The van der Waals surface area contributed by atoms with Crippen LogP contribution >= 0.6 is 0 Å². The van der Waals surface area contributed by atoms with Crippen molar-refractivity contribution in [2.75, 3.05) is 13.1 Å². The fraction of sp³-hybridized carbons (Fsp3) is 0.923. The van der Waals surface area contributed by atoms with E-state index in [2.05, 4.69) is 31.4 Å². The Balaban J connectivity index is 3.80. The number of rotatable bonds is 5. The highest BCUT2D eigenvalue weighted by Crippen LogP contribution is 2.10. The molecule has 0 saturated heterocycles. The number of hydrogen-bond donors (Lipinski definition) is 2. The van der Waals surface area contributed by atoms with Gasteiger partial charge < -0.3 is 15.4 Å². The van der Waals surface area contributed by atoms with E-state index >= 15 is 0 Å². The Morgan fingerprint density at radius 1 is 1.12 bits per heavy atom. The number of ether oxygens (including phenoxy) is 1. The number of carbonyl (C=O) groups excluding carboxylic acids is 1. The van der Waals surface area contributed by atoms with Crippen LogP contribution in [0.5, 0.6) is 0 Å². The molecule has 2 N–H and O–H groups in total. The molecule has 0 aliphatic carbocycles. The topological polar surface area (TPSA) is 50.4 Å². The van der Waals surface area contributed by atoms with Gasteiger partial charge in [-0.2, -0.15) is 0 Å². The highest BCUT2D eigenvalue weighted by atomic mass is 16.5. The second-order valence-electron chi connectivity index (χ2n) is 6.34. The maximum Gasteiger partial charge on any atom is 0.248 e. The summed E-state index contributed by atoms with van der Waals surface area (Å²) in [6.45, 7) is 15.3. The molecule has 0 fully saturated rings. The molecule has 0 heterocycles. The summed E-state index contributed by atoms with van der Waals surface area (Å²) in [5.74, 6) is -0.0596. The van der Waals surface area contributed by atoms with Crippen molar-refractivity contribution in [3.63, 3.8) is 0 Å². The van der Waals surface area contributed by atoms with E-state index in [0.29, 0.717) is 6.54 Å². The minimum Gasteiger partial charge on any atom is -0.363 e. The van der Waals surface area contributed by atoms with E-state index in [0.717, 1.165) is 6.54 Å². The normalized spacial score (nSPS) is 14.5. The lowest BCUT2D eigenvalue weighted by atomic mass is 10.1. The molecule has 4 nitrogen and oxygen atoms in total. The van der Waals surface area contributed by atoms with Gasteiger partial charge in [-0.05, 0) is 48.5 Å². The molecule has 1 unspecified atom stereocenters. The second-order valence-corrected chi connectivity index (χ2v) is 6.34. The number of hydrogen-bond acceptors (Lipinski definition) is 3. The summed E-state index contributed by atoms with van der Waals surface area (Å²) in [6.07, 6.45) is -0.412. The average Bonchev–Trinajstić information content (AvgIpc) is 2.07. The Labute approximate surface area is 105 Å². The Morgan fingerprint density at radius 2 is 1.65 bits per heavy atom. The van der Waals surface area contributed by atoms with Gasteiger partial charge >= 0.3 is 0 Å². The Hall–Kier alpha value is -0.610. The first-order valence-corrected chi connectivity index (χ1v) is 6.22. The van der Waals surface area contributed by atoms with Crippen molar-refractivity contribution in [1.29, 1.82) is 0 Å². The van der Waals surface area contributed by atoms with Gasteiger partial charge in [-0.15, -0.1) is 0 Å². The summed E-state index contributed by atoms with van der Waals surface area (Å²) >= 11 is 0. The maximum absolute atomic E-state index is 11.7. The second kappa shape index (κ2) is 6.36. The van der Waals surface area contributed by atoms with Crippen LogP contribution < -0.4 is 10.6 Å². The summed E-state index contributed by atoms with van der Waals surface area (Å²) in [5.41, 5.74) is -0.210. The van der Waals surface area contributed by atoms with E-state index in [1.807, 2.05) is 20.8 Å². The molecule has 0 aromatic heterocycles. The van der Waals surface area contributed by atoms with Gasteiger partial charge in [0.2, 0.25) is 5.91 Å². The summed E-state index contributed by atoms with van der Waals surface area (Å²) in [6, 6.07) is 0. The fourth-order valence-electron chi connectivity index (χ4n) is 1.35. The van der Waals surface area contributed by atoms with Gasteiger partial charge in [0, 0.05) is 18.6 Å². The number of carbonyl (C=O) groups is 1. The molecule has 102 valence electrons. The van der Waals surface area contributed by atoms with Crippen molar-refractivity contribution in [1.82, 2.24) is 10.6 Å². The van der Waals surface area contributed by atoms with E-state index in [-0.39, 0.29) is 17.0 Å². The quantitative estimate of drug-likeness (QED) is 0.724. The highest BCUT2D eigenvalue weighted by Gasteiger charge is 2.20. The monoisotopic (exact) mass is 244 g/mol. The van der Waals surface area contributed by atoms with Crippen molar-refractivity contribution in [2.45, 2.75) is 65.7 Å². The Bertz CT molecular complexity index is 239. The zero-order valence-corrected chi connectivity index (χ0v) is 12.3. The van der Waals surface area contributed by atoms with E-state index < -0.39 is 6.10 Å². The molecule has 0 aromatic carbocycles. The summed E-state index contributed by atoms with van der Waals surface area (Å²) in [5, 5.41) is 6.16. The summed E-state index contributed by atoms with van der Waals surface area (Å²) in [7, 11) is 0. The van der Waals surface area contributed by atoms with Crippen LogP contribution in [0.15, 0.2) is 0 Å². The molecule has 17 heavy (non-hydrogen) atoms. The molecular formula is C13H28N2O2. The van der Waals surface area contributed by atoms with Crippen LogP contribution in [0.3, 0.4) is 0 Å². The molecule has 0 saturated carbocycles. The van der Waals surface area contributed by atoms with Gasteiger partial charge in [-0.1, -0.05) is 0 Å². The van der Waals surface area contributed by atoms with E-state index in [9.17, 15) is 4.79 Å². The minimum atomic E-state index is -0.412. The number of amides is 1. The van der Waals surface area contributed by atoms with Crippen LogP contribution in [-0.4, -0.2) is 36.2 Å². The molecule has 0 spiro atoms. The molecule has 0 aliphatic heterocycles. The van der Waals surface area contributed by atoms with Crippen molar-refractivity contribution < 1.29 is 9.53 Å². The van der Waals surface area contributed by atoms with Crippen LogP contribution in [0.25, 0.3) is 0 Å². The van der Waals surface area contributed by atoms with Crippen molar-refractivity contribution in [2.24, 2.45) is 0 Å². The van der Waals surface area contributed by atoms with Gasteiger partial charge in [0.1, 0.15) is 6.10 Å². The van der Waals surface area contributed by atoms with Gasteiger partial charge in [0.05, 0.1) is 5.60 Å². The van der Waals surface area contributed by atoms with Crippen LogP contribution in [0, 0.1) is 0 Å². The molecule has 0 aliphatic rings. The molecule has 1 amide bonds. The molecule has 0 aromatic rings. The summed E-state index contributed by atoms with van der Waals surface area (Å²) < 4.78 is 5.56. The van der Waals surface area contributed by atoms with E-state index in [1.165, 1.54) is 0 Å². The predicted octanol–water partition coefficient (Wildman–Crippen LogP) is 1.69. The molecule has 0 bridgehead atoms. The molecular weight excluding hydrogens is 216 g/mol.